The second kappa shape index (κ2) is 5.79. The van der Waals surface area contributed by atoms with Crippen LogP contribution in [0.5, 0.6) is 5.75 Å². The molecule has 0 bridgehead atoms. The summed E-state index contributed by atoms with van der Waals surface area (Å²) in [6.45, 7) is 1.44. The highest BCUT2D eigenvalue weighted by atomic mass is 32.1. The van der Waals surface area contributed by atoms with Gasteiger partial charge in [-0.15, -0.1) is 11.3 Å². The third-order valence-electron chi connectivity index (χ3n) is 4.02. The third-order valence-corrected chi connectivity index (χ3v) is 4.77. The van der Waals surface area contributed by atoms with Crippen LogP contribution in [0.3, 0.4) is 0 Å². The van der Waals surface area contributed by atoms with Gasteiger partial charge in [0.25, 0.3) is 5.56 Å². The number of likely N-dealkylation sites (N-methyl/N-ethyl adjacent to an activating group) is 1. The molecule has 1 aromatic carbocycles. The molecule has 4 rings (SSSR count). The van der Waals surface area contributed by atoms with Crippen molar-refractivity contribution in [3.63, 3.8) is 0 Å². The molecule has 0 amide bonds. The summed E-state index contributed by atoms with van der Waals surface area (Å²) >= 11 is 1.48. The molecule has 0 aliphatic carbocycles. The lowest BCUT2D eigenvalue weighted by Gasteiger charge is -2.20. The van der Waals surface area contributed by atoms with E-state index in [9.17, 15) is 4.79 Å². The van der Waals surface area contributed by atoms with E-state index in [-0.39, 0.29) is 11.7 Å². The Balaban J connectivity index is 1.44. The van der Waals surface area contributed by atoms with Crippen LogP contribution in [0.4, 0.5) is 0 Å². The summed E-state index contributed by atoms with van der Waals surface area (Å²) in [5, 5.41) is 1.88. The highest BCUT2D eigenvalue weighted by Gasteiger charge is 2.23. The minimum Gasteiger partial charge on any atom is -0.488 e. The molecule has 0 N–H and O–H groups in total. The van der Waals surface area contributed by atoms with Crippen LogP contribution >= 0.6 is 11.3 Å². The predicted octanol–water partition coefficient (Wildman–Crippen LogP) is 2.19. The average Bonchev–Trinajstić information content (AvgIpc) is 3.12. The van der Waals surface area contributed by atoms with Gasteiger partial charge in [-0.05, 0) is 18.7 Å². The number of para-hydroxylation sites is 1. The molecule has 118 valence electrons. The Labute approximate surface area is 137 Å². The molecule has 3 aromatic rings. The molecule has 2 aromatic heterocycles. The molecule has 1 aliphatic heterocycles. The molecule has 1 aliphatic rings. The van der Waals surface area contributed by atoms with E-state index in [0.29, 0.717) is 6.54 Å². The highest BCUT2D eigenvalue weighted by molar-refractivity contribution is 7.15. The van der Waals surface area contributed by atoms with Crippen molar-refractivity contribution in [3.05, 3.63) is 63.5 Å². The zero-order valence-electron chi connectivity index (χ0n) is 12.8. The van der Waals surface area contributed by atoms with E-state index in [4.69, 9.17) is 4.74 Å². The highest BCUT2D eigenvalue weighted by Crippen LogP contribution is 2.28. The lowest BCUT2D eigenvalue weighted by molar-refractivity contribution is 0.164. The van der Waals surface area contributed by atoms with E-state index in [1.165, 1.54) is 16.9 Å². The van der Waals surface area contributed by atoms with Crippen molar-refractivity contribution in [2.75, 3.05) is 13.6 Å². The quantitative estimate of drug-likeness (QED) is 0.737. The third kappa shape index (κ3) is 2.87. The lowest BCUT2D eigenvalue weighted by Crippen LogP contribution is -2.32. The molecule has 0 fully saturated rings. The first kappa shape index (κ1) is 14.4. The lowest BCUT2D eigenvalue weighted by atomic mass is 10.1. The van der Waals surface area contributed by atoms with E-state index in [1.54, 1.807) is 16.7 Å². The van der Waals surface area contributed by atoms with Gasteiger partial charge in [0.05, 0.1) is 5.69 Å². The Hall–Kier alpha value is -2.18. The molecule has 0 radical (unpaired) electrons. The van der Waals surface area contributed by atoms with Crippen LogP contribution in [0.15, 0.2) is 46.7 Å². The van der Waals surface area contributed by atoms with Crippen LogP contribution in [0, 0.1) is 0 Å². The Morgan fingerprint density at radius 1 is 1.43 bits per heavy atom. The zero-order chi connectivity index (χ0) is 15.8. The standard InChI is InChI=1S/C17H17N3O2S/c1-19(11-14-8-12-4-2-3-5-15(12)22-14)10-13-9-16(21)20-6-7-23-17(20)18-13/h2-7,9,14H,8,10-11H2,1H3/t14-/m0/s1. The summed E-state index contributed by atoms with van der Waals surface area (Å²) in [5.41, 5.74) is 2.04. The maximum absolute atomic E-state index is 12.0. The second-order valence-corrected chi connectivity index (χ2v) is 6.76. The number of thiazole rings is 1. The molecule has 0 saturated carbocycles. The molecular formula is C17H17N3O2S. The number of ether oxygens (including phenoxy) is 1. The van der Waals surface area contributed by atoms with Gasteiger partial charge in [0.1, 0.15) is 11.9 Å². The number of benzene rings is 1. The molecule has 0 unspecified atom stereocenters. The topological polar surface area (TPSA) is 46.8 Å². The summed E-state index contributed by atoms with van der Waals surface area (Å²) in [4.78, 5) is 19.5. The van der Waals surface area contributed by atoms with Crippen LogP contribution in [-0.2, 0) is 13.0 Å². The van der Waals surface area contributed by atoms with E-state index in [0.717, 1.165) is 29.4 Å². The number of nitrogens with zero attached hydrogens (tertiary/aromatic N) is 3. The first-order chi connectivity index (χ1) is 11.2. The van der Waals surface area contributed by atoms with Crippen molar-refractivity contribution in [1.29, 1.82) is 0 Å². The second-order valence-electron chi connectivity index (χ2n) is 5.89. The molecule has 0 saturated heterocycles. The van der Waals surface area contributed by atoms with Gasteiger partial charge in [0, 0.05) is 37.2 Å². The maximum atomic E-state index is 12.0. The maximum Gasteiger partial charge on any atom is 0.258 e. The van der Waals surface area contributed by atoms with Gasteiger partial charge in [0.15, 0.2) is 4.96 Å². The fraction of sp³-hybridized carbons (Fsp3) is 0.294. The first-order valence-corrected chi connectivity index (χ1v) is 8.46. The zero-order valence-corrected chi connectivity index (χ0v) is 13.6. The molecule has 0 spiro atoms. The van der Waals surface area contributed by atoms with Crippen molar-refractivity contribution in [3.8, 4) is 5.75 Å². The number of hydrogen-bond acceptors (Lipinski definition) is 5. The largest absolute Gasteiger partial charge is 0.488 e. The van der Waals surface area contributed by atoms with E-state index in [2.05, 4.69) is 16.0 Å². The van der Waals surface area contributed by atoms with Crippen molar-refractivity contribution < 1.29 is 4.74 Å². The minimum absolute atomic E-state index is 0.0239. The predicted molar refractivity (Wildman–Crippen MR) is 90.2 cm³/mol. The summed E-state index contributed by atoms with van der Waals surface area (Å²) < 4.78 is 7.55. The molecule has 1 atom stereocenters. The van der Waals surface area contributed by atoms with E-state index < -0.39 is 0 Å². The first-order valence-electron chi connectivity index (χ1n) is 7.58. The Morgan fingerprint density at radius 2 is 2.30 bits per heavy atom. The van der Waals surface area contributed by atoms with Crippen LogP contribution in [0.25, 0.3) is 4.96 Å². The normalized spacial score (nSPS) is 16.7. The van der Waals surface area contributed by atoms with Crippen LogP contribution in [0.1, 0.15) is 11.3 Å². The monoisotopic (exact) mass is 327 g/mol. The van der Waals surface area contributed by atoms with Crippen molar-refractivity contribution >= 4 is 16.3 Å². The van der Waals surface area contributed by atoms with Crippen molar-refractivity contribution in [1.82, 2.24) is 14.3 Å². The smallest absolute Gasteiger partial charge is 0.258 e. The Morgan fingerprint density at radius 3 is 3.17 bits per heavy atom. The van der Waals surface area contributed by atoms with Gasteiger partial charge in [-0.2, -0.15) is 0 Å². The fourth-order valence-electron chi connectivity index (χ4n) is 3.01. The van der Waals surface area contributed by atoms with Gasteiger partial charge in [0.2, 0.25) is 0 Å². The van der Waals surface area contributed by atoms with Gasteiger partial charge in [-0.25, -0.2) is 4.98 Å². The summed E-state index contributed by atoms with van der Waals surface area (Å²) in [5.74, 6) is 0.988. The SMILES string of the molecule is CN(Cc1cc(=O)n2ccsc2n1)C[C@@H]1Cc2ccccc2O1. The average molecular weight is 327 g/mol. The fourth-order valence-corrected chi connectivity index (χ4v) is 3.75. The number of fused-ring (bicyclic) bond motifs is 2. The van der Waals surface area contributed by atoms with Gasteiger partial charge < -0.3 is 4.74 Å². The summed E-state index contributed by atoms with van der Waals surface area (Å²) in [6, 6.07) is 9.78. The van der Waals surface area contributed by atoms with Crippen molar-refractivity contribution in [2.45, 2.75) is 19.1 Å². The summed E-state index contributed by atoms with van der Waals surface area (Å²) in [6.07, 6.45) is 2.84. The van der Waals surface area contributed by atoms with Crippen molar-refractivity contribution in [2.24, 2.45) is 0 Å². The summed E-state index contributed by atoms with van der Waals surface area (Å²) in [7, 11) is 2.03. The van der Waals surface area contributed by atoms with E-state index >= 15 is 0 Å². The molecule has 6 heteroatoms. The number of rotatable bonds is 4. The number of hydrogen-bond donors (Lipinski definition) is 0. The molecule has 3 heterocycles. The molecular weight excluding hydrogens is 310 g/mol. The minimum atomic E-state index is -0.0239. The van der Waals surface area contributed by atoms with E-state index in [1.807, 2.05) is 30.6 Å². The van der Waals surface area contributed by atoms with Gasteiger partial charge in [-0.1, -0.05) is 18.2 Å². The molecule has 23 heavy (non-hydrogen) atoms. The Kier molecular flexibility index (Phi) is 3.63. The number of aromatic nitrogens is 2. The van der Waals surface area contributed by atoms with Gasteiger partial charge >= 0.3 is 0 Å². The van der Waals surface area contributed by atoms with Gasteiger partial charge in [-0.3, -0.25) is 14.1 Å². The molecule has 5 nitrogen and oxygen atoms in total. The Bertz CT molecular complexity index is 877. The van der Waals surface area contributed by atoms with Crippen LogP contribution < -0.4 is 10.3 Å². The van der Waals surface area contributed by atoms with Crippen LogP contribution in [0.2, 0.25) is 0 Å². The van der Waals surface area contributed by atoms with Crippen LogP contribution in [-0.4, -0.2) is 34.0 Å².